The fourth-order valence-electron chi connectivity index (χ4n) is 2.54. The monoisotopic (exact) mass is 417 g/mol. The Hall–Kier alpha value is -2.64. The molecule has 146 valence electrons. The molecule has 2 heterocycles. The van der Waals surface area contributed by atoms with Crippen molar-refractivity contribution in [2.24, 2.45) is 0 Å². The molecule has 8 heteroatoms. The van der Waals surface area contributed by atoms with Crippen molar-refractivity contribution in [3.05, 3.63) is 68.8 Å². The molecular weight excluding hydrogens is 398 g/mol. The number of benzene rings is 1. The number of aryl methyl sites for hydroxylation is 1. The van der Waals surface area contributed by atoms with Crippen molar-refractivity contribution in [2.45, 2.75) is 26.5 Å². The van der Waals surface area contributed by atoms with Crippen molar-refractivity contribution in [1.29, 1.82) is 0 Å². The van der Waals surface area contributed by atoms with Crippen LogP contribution in [0.4, 0.5) is 0 Å². The summed E-state index contributed by atoms with van der Waals surface area (Å²) in [7, 11) is 0. The van der Waals surface area contributed by atoms with Crippen molar-refractivity contribution in [2.75, 3.05) is 6.54 Å². The zero-order valence-corrected chi connectivity index (χ0v) is 17.1. The zero-order chi connectivity index (χ0) is 20.1. The number of nitrogens with zero attached hydrogens (tertiary/aromatic N) is 2. The van der Waals surface area contributed by atoms with Crippen molar-refractivity contribution >= 4 is 28.8 Å². The number of hydrogen-bond acceptors (Lipinski definition) is 5. The van der Waals surface area contributed by atoms with E-state index in [1.165, 1.54) is 10.7 Å². The van der Waals surface area contributed by atoms with Gasteiger partial charge in [-0.05, 0) is 55.1 Å². The van der Waals surface area contributed by atoms with Crippen LogP contribution in [0.1, 0.15) is 12.5 Å². The van der Waals surface area contributed by atoms with Crippen molar-refractivity contribution in [3.8, 4) is 16.3 Å². The van der Waals surface area contributed by atoms with Gasteiger partial charge in [-0.3, -0.25) is 9.59 Å². The van der Waals surface area contributed by atoms with E-state index in [4.69, 9.17) is 16.3 Å². The molecule has 3 rings (SSSR count). The van der Waals surface area contributed by atoms with Crippen molar-refractivity contribution in [3.63, 3.8) is 0 Å². The van der Waals surface area contributed by atoms with E-state index in [-0.39, 0.29) is 24.6 Å². The van der Waals surface area contributed by atoms with Crippen LogP contribution in [0.2, 0.25) is 5.02 Å². The van der Waals surface area contributed by atoms with Crippen LogP contribution < -0.4 is 15.6 Å². The van der Waals surface area contributed by atoms with Crippen LogP contribution in [0.25, 0.3) is 10.6 Å². The average Bonchev–Trinajstić information content (AvgIpc) is 3.21. The number of hydrogen-bond donors (Lipinski definition) is 1. The first-order valence-electron chi connectivity index (χ1n) is 8.76. The molecule has 0 aliphatic heterocycles. The van der Waals surface area contributed by atoms with Crippen molar-refractivity contribution in [1.82, 2.24) is 15.1 Å². The summed E-state index contributed by atoms with van der Waals surface area (Å²) >= 11 is 7.55. The van der Waals surface area contributed by atoms with Gasteiger partial charge in [-0.15, -0.1) is 11.3 Å². The Kier molecular flexibility index (Phi) is 6.49. The van der Waals surface area contributed by atoms with Crippen LogP contribution in [0.15, 0.2) is 52.6 Å². The summed E-state index contributed by atoms with van der Waals surface area (Å²) in [6.45, 7) is 4.08. The summed E-state index contributed by atoms with van der Waals surface area (Å²) in [5, 5.41) is 9.73. The van der Waals surface area contributed by atoms with Gasteiger partial charge in [-0.2, -0.15) is 5.10 Å². The minimum Gasteiger partial charge on any atom is -0.481 e. The van der Waals surface area contributed by atoms with E-state index in [0.717, 1.165) is 16.1 Å². The van der Waals surface area contributed by atoms with Crippen LogP contribution in [0.5, 0.6) is 5.75 Å². The van der Waals surface area contributed by atoms with E-state index >= 15 is 0 Å². The molecular formula is C20H20ClN3O3S. The number of ether oxygens (including phenoxy) is 1. The average molecular weight is 418 g/mol. The summed E-state index contributed by atoms with van der Waals surface area (Å²) in [5.74, 6) is 0.307. The lowest BCUT2D eigenvalue weighted by Gasteiger charge is -2.15. The van der Waals surface area contributed by atoms with Crippen LogP contribution in [0.3, 0.4) is 0 Å². The molecule has 6 nitrogen and oxygen atoms in total. The van der Waals surface area contributed by atoms with Crippen LogP contribution >= 0.6 is 22.9 Å². The maximum atomic E-state index is 12.3. The summed E-state index contributed by atoms with van der Waals surface area (Å²) in [6.07, 6.45) is -0.678. The predicted octanol–water partition coefficient (Wildman–Crippen LogP) is 3.52. The van der Waals surface area contributed by atoms with Gasteiger partial charge in [0, 0.05) is 17.6 Å². The fourth-order valence-corrected chi connectivity index (χ4v) is 3.35. The third kappa shape index (κ3) is 4.99. The highest BCUT2D eigenvalue weighted by Gasteiger charge is 2.15. The Morgan fingerprint density at radius 1 is 1.32 bits per heavy atom. The molecule has 0 bridgehead atoms. The first kappa shape index (κ1) is 20.1. The SMILES string of the molecule is Cc1cc(OC(C)C(=O)NCCn2nc(-c3cccs3)ccc2=O)ccc1Cl. The molecule has 1 unspecified atom stereocenters. The number of carbonyl (C=O) groups excluding carboxylic acids is 1. The van der Waals surface area contributed by atoms with Crippen LogP contribution in [-0.4, -0.2) is 28.3 Å². The lowest BCUT2D eigenvalue weighted by molar-refractivity contribution is -0.127. The predicted molar refractivity (Wildman–Crippen MR) is 111 cm³/mol. The van der Waals surface area contributed by atoms with Gasteiger partial charge in [0.1, 0.15) is 11.4 Å². The van der Waals surface area contributed by atoms with Gasteiger partial charge in [0.25, 0.3) is 11.5 Å². The molecule has 28 heavy (non-hydrogen) atoms. The van der Waals surface area contributed by atoms with Crippen LogP contribution in [0, 0.1) is 6.92 Å². The van der Waals surface area contributed by atoms with Gasteiger partial charge >= 0.3 is 0 Å². The van der Waals surface area contributed by atoms with Crippen molar-refractivity contribution < 1.29 is 9.53 Å². The number of carbonyl (C=O) groups is 1. The highest BCUT2D eigenvalue weighted by molar-refractivity contribution is 7.13. The molecule has 0 spiro atoms. The Morgan fingerprint density at radius 2 is 2.14 bits per heavy atom. The molecule has 0 fully saturated rings. The van der Waals surface area contributed by atoms with Crippen LogP contribution in [-0.2, 0) is 11.3 Å². The van der Waals surface area contributed by atoms with Gasteiger partial charge in [-0.1, -0.05) is 17.7 Å². The maximum absolute atomic E-state index is 12.3. The first-order chi connectivity index (χ1) is 13.4. The molecule has 1 atom stereocenters. The number of amides is 1. The van der Waals surface area contributed by atoms with Gasteiger partial charge in [0.15, 0.2) is 6.10 Å². The molecule has 0 radical (unpaired) electrons. The molecule has 1 amide bonds. The Bertz CT molecular complexity index is 1020. The Labute approximate surface area is 171 Å². The zero-order valence-electron chi connectivity index (χ0n) is 15.5. The second-order valence-corrected chi connectivity index (χ2v) is 7.57. The quantitative estimate of drug-likeness (QED) is 0.638. The standard InChI is InChI=1S/C20H20ClN3O3S/c1-13-12-15(5-6-16(13)21)27-14(2)20(26)22-9-10-24-19(25)8-7-17(23-24)18-4-3-11-28-18/h3-8,11-12,14H,9-10H2,1-2H3,(H,22,26). The van der Waals surface area contributed by atoms with E-state index in [1.54, 1.807) is 42.5 Å². The van der Waals surface area contributed by atoms with Gasteiger partial charge < -0.3 is 10.1 Å². The minimum absolute atomic E-state index is 0.213. The summed E-state index contributed by atoms with van der Waals surface area (Å²) in [4.78, 5) is 25.3. The lowest BCUT2D eigenvalue weighted by atomic mass is 10.2. The number of nitrogens with one attached hydrogen (secondary N) is 1. The highest BCUT2D eigenvalue weighted by atomic mass is 35.5. The van der Waals surface area contributed by atoms with E-state index in [0.29, 0.717) is 10.8 Å². The Balaban J connectivity index is 1.55. The molecule has 0 saturated carbocycles. The largest absolute Gasteiger partial charge is 0.481 e. The second kappa shape index (κ2) is 9.03. The Morgan fingerprint density at radius 3 is 2.86 bits per heavy atom. The summed E-state index contributed by atoms with van der Waals surface area (Å²) in [6, 6.07) is 12.3. The third-order valence-electron chi connectivity index (χ3n) is 4.07. The fraction of sp³-hybridized carbons (Fsp3) is 0.250. The first-order valence-corrected chi connectivity index (χ1v) is 10.0. The van der Waals surface area contributed by atoms with Gasteiger partial charge in [-0.25, -0.2) is 4.68 Å². The summed E-state index contributed by atoms with van der Waals surface area (Å²) < 4.78 is 7.00. The molecule has 0 aliphatic rings. The van der Waals surface area contributed by atoms with E-state index < -0.39 is 6.10 Å². The van der Waals surface area contributed by atoms with E-state index in [1.807, 2.05) is 24.4 Å². The summed E-state index contributed by atoms with van der Waals surface area (Å²) in [5.41, 5.74) is 1.40. The third-order valence-corrected chi connectivity index (χ3v) is 5.39. The molecule has 3 aromatic rings. The van der Waals surface area contributed by atoms with Gasteiger partial charge in [0.05, 0.1) is 11.4 Å². The van der Waals surface area contributed by atoms with E-state index in [9.17, 15) is 9.59 Å². The number of halogens is 1. The number of rotatable bonds is 7. The van der Waals surface area contributed by atoms with E-state index in [2.05, 4.69) is 10.4 Å². The molecule has 0 aliphatic carbocycles. The number of aromatic nitrogens is 2. The molecule has 2 aromatic heterocycles. The smallest absolute Gasteiger partial charge is 0.266 e. The van der Waals surface area contributed by atoms with Gasteiger partial charge in [0.2, 0.25) is 0 Å². The highest BCUT2D eigenvalue weighted by Crippen LogP contribution is 2.22. The normalized spacial score (nSPS) is 11.8. The molecule has 1 N–H and O–H groups in total. The number of thiophene rings is 1. The topological polar surface area (TPSA) is 73.2 Å². The minimum atomic E-state index is -0.678. The molecule has 0 saturated heterocycles. The lowest BCUT2D eigenvalue weighted by Crippen LogP contribution is -2.39. The second-order valence-electron chi connectivity index (χ2n) is 6.22. The molecule has 1 aromatic carbocycles. The maximum Gasteiger partial charge on any atom is 0.266 e.